The van der Waals surface area contributed by atoms with Gasteiger partial charge in [0.25, 0.3) is 0 Å². The minimum absolute atomic E-state index is 0.238. The zero-order valence-corrected chi connectivity index (χ0v) is 16.0. The molecule has 2 heterocycles. The number of aryl methyl sites for hydroxylation is 1. The summed E-state index contributed by atoms with van der Waals surface area (Å²) >= 11 is 0. The van der Waals surface area contributed by atoms with Crippen molar-refractivity contribution in [3.8, 4) is 5.75 Å². The molecular weight excluding hydrogens is 338 g/mol. The predicted molar refractivity (Wildman–Crippen MR) is 110 cm³/mol. The Morgan fingerprint density at radius 1 is 1.26 bits per heavy atom. The van der Waals surface area contributed by atoms with Crippen molar-refractivity contribution in [3.63, 3.8) is 0 Å². The van der Waals surface area contributed by atoms with Crippen LogP contribution in [0.25, 0.3) is 0 Å². The standard InChI is InChI=1S/C21H27N5O/c1-3-4-9-24-20-19(13-25-21(22)26-20)27-14-18-12-23-11-17(18)10-16-8-6-5-7-15(16)2/h5-8,11-13,17H,3-4,9-10,14H2,1-2H3,(H3,22,24,25,26). The first kappa shape index (κ1) is 18.9. The van der Waals surface area contributed by atoms with Crippen LogP contribution in [0.4, 0.5) is 11.8 Å². The highest BCUT2D eigenvalue weighted by Gasteiger charge is 2.19. The maximum absolute atomic E-state index is 6.01. The van der Waals surface area contributed by atoms with Crippen LogP contribution in [0.2, 0.25) is 0 Å². The molecule has 1 aliphatic rings. The molecule has 6 heteroatoms. The van der Waals surface area contributed by atoms with Crippen LogP contribution >= 0.6 is 0 Å². The normalized spacial score (nSPS) is 15.6. The van der Waals surface area contributed by atoms with E-state index in [1.54, 1.807) is 6.20 Å². The lowest BCUT2D eigenvalue weighted by Gasteiger charge is -2.16. The van der Waals surface area contributed by atoms with Crippen LogP contribution in [0.3, 0.4) is 0 Å². The van der Waals surface area contributed by atoms with Crippen LogP contribution in [-0.2, 0) is 6.42 Å². The third-order valence-electron chi connectivity index (χ3n) is 4.67. The molecule has 0 fully saturated rings. The van der Waals surface area contributed by atoms with Gasteiger partial charge in [-0.1, -0.05) is 37.6 Å². The van der Waals surface area contributed by atoms with E-state index in [0.29, 0.717) is 18.2 Å². The fourth-order valence-corrected chi connectivity index (χ4v) is 3.00. The number of nitrogens with two attached hydrogens (primary N) is 1. The number of aromatic nitrogens is 2. The molecule has 3 rings (SSSR count). The monoisotopic (exact) mass is 365 g/mol. The molecule has 1 aromatic carbocycles. The predicted octanol–water partition coefficient (Wildman–Crippen LogP) is 3.79. The van der Waals surface area contributed by atoms with Crippen LogP contribution < -0.4 is 15.8 Å². The minimum Gasteiger partial charge on any atom is -0.484 e. The lowest BCUT2D eigenvalue weighted by Crippen LogP contribution is -2.15. The maximum atomic E-state index is 6.01. The summed E-state index contributed by atoms with van der Waals surface area (Å²) in [6, 6.07) is 8.45. The Labute approximate surface area is 160 Å². The smallest absolute Gasteiger partial charge is 0.222 e. The van der Waals surface area contributed by atoms with Crippen molar-refractivity contribution in [1.82, 2.24) is 9.97 Å². The van der Waals surface area contributed by atoms with Gasteiger partial charge in [0.1, 0.15) is 6.61 Å². The van der Waals surface area contributed by atoms with Gasteiger partial charge in [-0.3, -0.25) is 4.99 Å². The Balaban J connectivity index is 1.63. The molecule has 0 amide bonds. The molecule has 6 nitrogen and oxygen atoms in total. The van der Waals surface area contributed by atoms with Gasteiger partial charge in [-0.2, -0.15) is 4.98 Å². The van der Waals surface area contributed by atoms with Crippen LogP contribution in [-0.4, -0.2) is 29.3 Å². The number of hydrogen-bond donors (Lipinski definition) is 2. The van der Waals surface area contributed by atoms with E-state index in [0.717, 1.165) is 31.4 Å². The summed E-state index contributed by atoms with van der Waals surface area (Å²) in [6.07, 6.45) is 8.60. The molecule has 1 atom stereocenters. The number of rotatable bonds is 9. The summed E-state index contributed by atoms with van der Waals surface area (Å²) in [7, 11) is 0. The SMILES string of the molecule is CCCCNc1nc(N)ncc1OCC1=CN=CC1Cc1ccccc1C. The molecule has 0 saturated carbocycles. The molecular formula is C21H27N5O. The number of hydrogen-bond acceptors (Lipinski definition) is 6. The molecule has 1 aliphatic heterocycles. The van der Waals surface area contributed by atoms with Crippen LogP contribution in [0, 0.1) is 12.8 Å². The van der Waals surface area contributed by atoms with Gasteiger partial charge in [0.2, 0.25) is 5.95 Å². The van der Waals surface area contributed by atoms with Crippen LogP contribution in [0.5, 0.6) is 5.75 Å². The van der Waals surface area contributed by atoms with Gasteiger partial charge in [-0.05, 0) is 36.5 Å². The third-order valence-corrected chi connectivity index (χ3v) is 4.67. The Morgan fingerprint density at radius 2 is 2.11 bits per heavy atom. The molecule has 27 heavy (non-hydrogen) atoms. The molecule has 0 aliphatic carbocycles. The van der Waals surface area contributed by atoms with Crippen molar-refractivity contribution < 1.29 is 4.74 Å². The van der Waals surface area contributed by atoms with Gasteiger partial charge in [0, 0.05) is 24.9 Å². The maximum Gasteiger partial charge on any atom is 0.222 e. The van der Waals surface area contributed by atoms with E-state index in [1.807, 2.05) is 12.4 Å². The fourth-order valence-electron chi connectivity index (χ4n) is 3.00. The summed E-state index contributed by atoms with van der Waals surface area (Å²) in [4.78, 5) is 12.7. The average molecular weight is 365 g/mol. The zero-order valence-electron chi connectivity index (χ0n) is 16.0. The Bertz CT molecular complexity index is 831. The molecule has 0 radical (unpaired) electrons. The summed E-state index contributed by atoms with van der Waals surface area (Å²) in [6.45, 7) is 5.56. The van der Waals surface area contributed by atoms with Crippen molar-refractivity contribution in [2.24, 2.45) is 10.9 Å². The lowest BCUT2D eigenvalue weighted by atomic mass is 9.92. The molecule has 0 bridgehead atoms. The minimum atomic E-state index is 0.238. The summed E-state index contributed by atoms with van der Waals surface area (Å²) in [5.41, 5.74) is 9.50. The van der Waals surface area contributed by atoms with Gasteiger partial charge in [0.05, 0.1) is 6.20 Å². The Kier molecular flexibility index (Phi) is 6.41. The van der Waals surface area contributed by atoms with E-state index >= 15 is 0 Å². The molecule has 2 aromatic rings. The molecule has 142 valence electrons. The number of nitrogens with one attached hydrogen (secondary N) is 1. The van der Waals surface area contributed by atoms with Gasteiger partial charge in [0.15, 0.2) is 11.6 Å². The van der Waals surface area contributed by atoms with Crippen molar-refractivity contribution in [2.75, 3.05) is 24.2 Å². The van der Waals surface area contributed by atoms with E-state index < -0.39 is 0 Å². The highest BCUT2D eigenvalue weighted by molar-refractivity contribution is 5.70. The summed E-state index contributed by atoms with van der Waals surface area (Å²) in [5.74, 6) is 1.74. The molecule has 3 N–H and O–H groups in total. The van der Waals surface area contributed by atoms with E-state index in [4.69, 9.17) is 10.5 Å². The average Bonchev–Trinajstić information content (AvgIpc) is 3.10. The topological polar surface area (TPSA) is 85.4 Å². The van der Waals surface area contributed by atoms with Gasteiger partial charge < -0.3 is 15.8 Å². The Morgan fingerprint density at radius 3 is 2.93 bits per heavy atom. The van der Waals surface area contributed by atoms with E-state index in [2.05, 4.69) is 58.4 Å². The summed E-state index contributed by atoms with van der Waals surface area (Å²) < 4.78 is 6.01. The number of aliphatic imine (C=N–C) groups is 1. The van der Waals surface area contributed by atoms with Crippen molar-refractivity contribution >= 4 is 18.0 Å². The van der Waals surface area contributed by atoms with Crippen molar-refractivity contribution in [3.05, 3.63) is 53.4 Å². The number of nitrogens with zero attached hydrogens (tertiary/aromatic N) is 3. The quantitative estimate of drug-likeness (QED) is 0.661. The third kappa shape index (κ3) is 5.06. The van der Waals surface area contributed by atoms with Gasteiger partial charge in [-0.15, -0.1) is 0 Å². The van der Waals surface area contributed by atoms with E-state index in [-0.39, 0.29) is 11.9 Å². The van der Waals surface area contributed by atoms with Crippen LogP contribution in [0.15, 0.2) is 47.2 Å². The number of anilines is 2. The Hall–Kier alpha value is -2.89. The first-order chi connectivity index (χ1) is 13.2. The number of benzene rings is 1. The molecule has 1 unspecified atom stereocenters. The molecule has 0 spiro atoms. The highest BCUT2D eigenvalue weighted by Crippen LogP contribution is 2.26. The molecule has 0 saturated heterocycles. The molecule has 1 aromatic heterocycles. The van der Waals surface area contributed by atoms with Gasteiger partial charge in [-0.25, -0.2) is 4.98 Å². The number of nitrogen functional groups attached to an aromatic ring is 1. The van der Waals surface area contributed by atoms with Crippen molar-refractivity contribution in [2.45, 2.75) is 33.1 Å². The first-order valence-corrected chi connectivity index (χ1v) is 9.43. The highest BCUT2D eigenvalue weighted by atomic mass is 16.5. The second kappa shape index (κ2) is 9.16. The number of ether oxygens (including phenoxy) is 1. The first-order valence-electron chi connectivity index (χ1n) is 9.43. The van der Waals surface area contributed by atoms with E-state index in [9.17, 15) is 0 Å². The van der Waals surface area contributed by atoms with Crippen molar-refractivity contribution in [1.29, 1.82) is 0 Å². The fraction of sp³-hybridized carbons (Fsp3) is 0.381. The van der Waals surface area contributed by atoms with Gasteiger partial charge >= 0.3 is 0 Å². The van der Waals surface area contributed by atoms with E-state index in [1.165, 1.54) is 11.1 Å². The lowest BCUT2D eigenvalue weighted by molar-refractivity contribution is 0.342. The second-order valence-electron chi connectivity index (χ2n) is 6.75. The number of unbranched alkanes of at least 4 members (excludes halogenated alkanes) is 1. The van der Waals surface area contributed by atoms with Crippen LogP contribution in [0.1, 0.15) is 30.9 Å². The largest absolute Gasteiger partial charge is 0.484 e. The summed E-state index contributed by atoms with van der Waals surface area (Å²) in [5, 5.41) is 3.28. The zero-order chi connectivity index (χ0) is 19.1. The second-order valence-corrected chi connectivity index (χ2v) is 6.75.